The Morgan fingerprint density at radius 3 is 2.60 bits per heavy atom. The van der Waals surface area contributed by atoms with Gasteiger partial charge in [-0.1, -0.05) is 37.3 Å². The molecular formula is C19H21N3O2S. The first-order valence-corrected chi connectivity index (χ1v) is 9.16. The van der Waals surface area contributed by atoms with Crippen molar-refractivity contribution in [1.82, 2.24) is 9.55 Å². The van der Waals surface area contributed by atoms with Crippen molar-refractivity contribution in [3.05, 3.63) is 51.4 Å². The van der Waals surface area contributed by atoms with Crippen molar-refractivity contribution in [2.75, 3.05) is 0 Å². The van der Waals surface area contributed by atoms with Crippen LogP contribution in [0.3, 0.4) is 0 Å². The second-order valence-electron chi connectivity index (χ2n) is 6.11. The number of carbonyl (C=O) groups excluding carboxylic acids is 1. The van der Waals surface area contributed by atoms with E-state index in [1.807, 2.05) is 44.2 Å². The number of fused-ring (bicyclic) bond motifs is 1. The Balaban J connectivity index is 2.39. The maximum atomic E-state index is 13.3. The van der Waals surface area contributed by atoms with E-state index in [9.17, 15) is 9.59 Å². The zero-order chi connectivity index (χ0) is 18.1. The van der Waals surface area contributed by atoms with E-state index in [0.717, 1.165) is 27.3 Å². The van der Waals surface area contributed by atoms with Gasteiger partial charge in [0.1, 0.15) is 16.7 Å². The molecule has 130 valence electrons. The number of carbonyl (C=O) groups is 1. The first-order chi connectivity index (χ1) is 12.0. The molecule has 3 rings (SSSR count). The van der Waals surface area contributed by atoms with E-state index in [1.165, 1.54) is 15.9 Å². The van der Waals surface area contributed by atoms with E-state index in [1.54, 1.807) is 6.92 Å². The van der Waals surface area contributed by atoms with Crippen molar-refractivity contribution in [3.63, 3.8) is 0 Å². The number of amides is 1. The summed E-state index contributed by atoms with van der Waals surface area (Å²) >= 11 is 1.52. The molecule has 0 aliphatic rings. The van der Waals surface area contributed by atoms with Crippen LogP contribution >= 0.6 is 11.3 Å². The van der Waals surface area contributed by atoms with Gasteiger partial charge in [-0.3, -0.25) is 14.2 Å². The zero-order valence-electron chi connectivity index (χ0n) is 14.6. The molecule has 0 fully saturated rings. The van der Waals surface area contributed by atoms with E-state index in [4.69, 9.17) is 10.7 Å². The quantitative estimate of drug-likeness (QED) is 0.761. The molecule has 3 aromatic rings. The molecule has 0 saturated carbocycles. The predicted molar refractivity (Wildman–Crippen MR) is 102 cm³/mol. The maximum absolute atomic E-state index is 13.3. The molecule has 0 aliphatic carbocycles. The Morgan fingerprint density at radius 2 is 2.00 bits per heavy atom. The fourth-order valence-electron chi connectivity index (χ4n) is 3.09. The van der Waals surface area contributed by atoms with Crippen LogP contribution in [0.15, 0.2) is 35.1 Å². The van der Waals surface area contributed by atoms with Crippen molar-refractivity contribution in [2.24, 2.45) is 5.73 Å². The standard InChI is InChI=1S/C19H21N3O2S/c1-4-8-14-21-18-16(19(24)22(14)11(2)17(20)23)15(12(3)25-18)13-9-6-5-7-10-13/h5-7,9-11H,4,8H2,1-3H3,(H2,20,23). The van der Waals surface area contributed by atoms with Crippen molar-refractivity contribution >= 4 is 27.5 Å². The Morgan fingerprint density at radius 1 is 1.32 bits per heavy atom. The molecule has 1 unspecified atom stereocenters. The molecule has 2 aromatic heterocycles. The van der Waals surface area contributed by atoms with E-state index < -0.39 is 11.9 Å². The molecular weight excluding hydrogens is 334 g/mol. The first kappa shape index (κ1) is 17.4. The van der Waals surface area contributed by atoms with Gasteiger partial charge in [-0.25, -0.2) is 4.98 Å². The van der Waals surface area contributed by atoms with Gasteiger partial charge in [0.15, 0.2) is 0 Å². The van der Waals surface area contributed by atoms with Gasteiger partial charge in [0.05, 0.1) is 5.39 Å². The van der Waals surface area contributed by atoms with Crippen molar-refractivity contribution < 1.29 is 4.79 Å². The number of hydrogen-bond acceptors (Lipinski definition) is 4. The van der Waals surface area contributed by atoms with Gasteiger partial charge in [-0.15, -0.1) is 11.3 Å². The highest BCUT2D eigenvalue weighted by atomic mass is 32.1. The Hall–Kier alpha value is -2.47. The molecule has 0 bridgehead atoms. The molecule has 0 radical (unpaired) electrons. The van der Waals surface area contributed by atoms with Crippen LogP contribution in [0, 0.1) is 6.92 Å². The molecule has 0 spiro atoms. The highest BCUT2D eigenvalue weighted by Gasteiger charge is 2.23. The largest absolute Gasteiger partial charge is 0.368 e. The van der Waals surface area contributed by atoms with Crippen LogP contribution < -0.4 is 11.3 Å². The zero-order valence-corrected chi connectivity index (χ0v) is 15.4. The number of aryl methyl sites for hydroxylation is 2. The molecule has 1 aromatic carbocycles. The SMILES string of the molecule is CCCc1nc2sc(C)c(-c3ccccc3)c2c(=O)n1C(C)C(N)=O. The smallest absolute Gasteiger partial charge is 0.263 e. The van der Waals surface area contributed by atoms with Gasteiger partial charge in [0.25, 0.3) is 5.56 Å². The van der Waals surface area contributed by atoms with Gasteiger partial charge in [-0.2, -0.15) is 0 Å². The van der Waals surface area contributed by atoms with E-state index >= 15 is 0 Å². The highest BCUT2D eigenvalue weighted by Crippen LogP contribution is 2.35. The normalized spacial score (nSPS) is 12.4. The number of rotatable bonds is 5. The molecule has 0 aliphatic heterocycles. The number of nitrogens with two attached hydrogens (primary N) is 1. The van der Waals surface area contributed by atoms with Crippen LogP contribution in [-0.4, -0.2) is 15.5 Å². The monoisotopic (exact) mass is 355 g/mol. The third-order valence-corrected chi connectivity index (χ3v) is 5.34. The summed E-state index contributed by atoms with van der Waals surface area (Å²) in [5.74, 6) is 0.0842. The van der Waals surface area contributed by atoms with E-state index in [2.05, 4.69) is 0 Å². The minimum atomic E-state index is -0.727. The van der Waals surface area contributed by atoms with E-state index in [-0.39, 0.29) is 5.56 Å². The lowest BCUT2D eigenvalue weighted by Crippen LogP contribution is -2.35. The molecule has 25 heavy (non-hydrogen) atoms. The lowest BCUT2D eigenvalue weighted by Gasteiger charge is -2.16. The summed E-state index contributed by atoms with van der Waals surface area (Å²) in [7, 11) is 0. The number of primary amides is 1. The molecule has 5 nitrogen and oxygen atoms in total. The molecule has 2 heterocycles. The van der Waals surface area contributed by atoms with Crippen LogP contribution in [-0.2, 0) is 11.2 Å². The second-order valence-corrected chi connectivity index (χ2v) is 7.31. The summed E-state index contributed by atoms with van der Waals surface area (Å²) in [4.78, 5) is 31.5. The van der Waals surface area contributed by atoms with Crippen LogP contribution in [0.5, 0.6) is 0 Å². The lowest BCUT2D eigenvalue weighted by molar-refractivity contribution is -0.120. The Bertz CT molecular complexity index is 989. The Kier molecular flexibility index (Phi) is 4.72. The van der Waals surface area contributed by atoms with Gasteiger partial charge < -0.3 is 5.73 Å². The molecule has 2 N–H and O–H groups in total. The topological polar surface area (TPSA) is 78.0 Å². The van der Waals surface area contributed by atoms with Gasteiger partial charge in [0.2, 0.25) is 5.91 Å². The minimum absolute atomic E-state index is 0.192. The first-order valence-electron chi connectivity index (χ1n) is 8.35. The predicted octanol–water partition coefficient (Wildman–Crippen LogP) is 3.43. The second kappa shape index (κ2) is 6.80. The lowest BCUT2D eigenvalue weighted by atomic mass is 10.0. The number of hydrogen-bond donors (Lipinski definition) is 1. The maximum Gasteiger partial charge on any atom is 0.263 e. The summed E-state index contributed by atoms with van der Waals surface area (Å²) in [6.45, 7) is 5.66. The summed E-state index contributed by atoms with van der Waals surface area (Å²) < 4.78 is 1.47. The van der Waals surface area contributed by atoms with Gasteiger partial charge >= 0.3 is 0 Å². The van der Waals surface area contributed by atoms with Crippen molar-refractivity contribution in [3.8, 4) is 11.1 Å². The molecule has 6 heteroatoms. The van der Waals surface area contributed by atoms with Gasteiger partial charge in [0, 0.05) is 16.9 Å². The molecule has 0 saturated heterocycles. The van der Waals surface area contributed by atoms with Crippen molar-refractivity contribution in [2.45, 2.75) is 39.7 Å². The summed E-state index contributed by atoms with van der Waals surface area (Å²) in [5.41, 5.74) is 7.16. The highest BCUT2D eigenvalue weighted by molar-refractivity contribution is 7.19. The van der Waals surface area contributed by atoms with Crippen LogP contribution in [0.25, 0.3) is 21.3 Å². The number of thiophene rings is 1. The summed E-state index contributed by atoms with van der Waals surface area (Å²) in [6.07, 6.45) is 1.46. The fraction of sp³-hybridized carbons (Fsp3) is 0.316. The van der Waals surface area contributed by atoms with Crippen LogP contribution in [0.4, 0.5) is 0 Å². The van der Waals surface area contributed by atoms with Crippen molar-refractivity contribution in [1.29, 1.82) is 0 Å². The average molecular weight is 355 g/mol. The molecule has 1 amide bonds. The fourth-order valence-corrected chi connectivity index (χ4v) is 4.15. The van der Waals surface area contributed by atoms with Gasteiger partial charge in [-0.05, 0) is 25.8 Å². The number of benzene rings is 1. The minimum Gasteiger partial charge on any atom is -0.368 e. The summed E-state index contributed by atoms with van der Waals surface area (Å²) in [5, 5.41) is 0.571. The average Bonchev–Trinajstić information content (AvgIpc) is 2.92. The molecule has 1 atom stereocenters. The van der Waals surface area contributed by atoms with Crippen LogP contribution in [0.2, 0.25) is 0 Å². The van der Waals surface area contributed by atoms with E-state index in [0.29, 0.717) is 17.6 Å². The third-order valence-electron chi connectivity index (χ3n) is 4.34. The third kappa shape index (κ3) is 2.98. The Labute approximate surface area is 150 Å². The summed E-state index contributed by atoms with van der Waals surface area (Å²) in [6, 6.07) is 9.07. The number of nitrogens with zero attached hydrogens (tertiary/aromatic N) is 2. The number of aromatic nitrogens is 2. The van der Waals surface area contributed by atoms with Crippen LogP contribution in [0.1, 0.15) is 37.0 Å².